The normalized spacial score (nSPS) is 17.1. The molecule has 0 bridgehead atoms. The molecule has 0 aromatic heterocycles. The highest BCUT2D eigenvalue weighted by atomic mass is 16.5. The van der Waals surface area contributed by atoms with E-state index in [1.165, 1.54) is 0 Å². The lowest BCUT2D eigenvalue weighted by atomic mass is 10.1. The molecule has 1 heterocycles. The summed E-state index contributed by atoms with van der Waals surface area (Å²) >= 11 is 0. The van der Waals surface area contributed by atoms with Crippen LogP contribution >= 0.6 is 0 Å². The molecule has 1 saturated carbocycles. The third-order valence-corrected chi connectivity index (χ3v) is 6.41. The second kappa shape index (κ2) is 11.9. The fraction of sp³-hybridized carbons (Fsp3) is 0.640. The molecule has 170 valence electrons. The van der Waals surface area contributed by atoms with Crippen molar-refractivity contribution in [2.75, 3.05) is 32.8 Å². The number of amides is 2. The lowest BCUT2D eigenvalue weighted by Gasteiger charge is -2.36. The van der Waals surface area contributed by atoms with Gasteiger partial charge >= 0.3 is 0 Å². The zero-order valence-corrected chi connectivity index (χ0v) is 18.8. The van der Waals surface area contributed by atoms with Crippen molar-refractivity contribution in [1.29, 1.82) is 0 Å². The van der Waals surface area contributed by atoms with Crippen LogP contribution in [0.25, 0.3) is 0 Å². The van der Waals surface area contributed by atoms with Crippen LogP contribution in [0.2, 0.25) is 0 Å². The molecule has 2 amide bonds. The lowest BCUT2D eigenvalue weighted by Crippen LogP contribution is -2.51. The molecule has 2 aliphatic rings. The fourth-order valence-corrected chi connectivity index (χ4v) is 4.41. The van der Waals surface area contributed by atoms with Crippen molar-refractivity contribution >= 4 is 17.6 Å². The largest absolute Gasteiger partial charge is 0.494 e. The second-order valence-electron chi connectivity index (χ2n) is 8.69. The highest BCUT2D eigenvalue weighted by molar-refractivity contribution is 5.98. The molecule has 6 heteroatoms. The third-order valence-electron chi connectivity index (χ3n) is 6.41. The minimum Gasteiger partial charge on any atom is -0.494 e. The number of carbonyl (C=O) groups is 3. The van der Waals surface area contributed by atoms with Crippen LogP contribution in [0.15, 0.2) is 24.3 Å². The first kappa shape index (κ1) is 23.3. The zero-order valence-electron chi connectivity index (χ0n) is 18.8. The Hall–Kier alpha value is -2.37. The van der Waals surface area contributed by atoms with Crippen LogP contribution in [0.5, 0.6) is 5.75 Å². The number of ketones is 1. The molecule has 1 aliphatic carbocycles. The summed E-state index contributed by atoms with van der Waals surface area (Å²) in [4.78, 5) is 41.2. The highest BCUT2D eigenvalue weighted by Crippen LogP contribution is 2.27. The van der Waals surface area contributed by atoms with Crippen molar-refractivity contribution in [2.24, 2.45) is 5.92 Å². The second-order valence-corrected chi connectivity index (χ2v) is 8.69. The van der Waals surface area contributed by atoms with Gasteiger partial charge in [-0.2, -0.15) is 0 Å². The standard InChI is InChI=1S/C25H36N2O4/c1-2-3-6-19-31-22-11-9-20(10-12-22)23(28)13-14-24(29)26-15-17-27(18-16-26)25(30)21-7-4-5-8-21/h9-12,21H,2-8,13-19H2,1H3. The van der Waals surface area contributed by atoms with Crippen LogP contribution < -0.4 is 4.74 Å². The van der Waals surface area contributed by atoms with E-state index in [2.05, 4.69) is 6.92 Å². The van der Waals surface area contributed by atoms with E-state index in [0.717, 1.165) is 50.7 Å². The number of hydrogen-bond acceptors (Lipinski definition) is 4. The van der Waals surface area contributed by atoms with Crippen LogP contribution in [0.3, 0.4) is 0 Å². The maximum atomic E-state index is 12.5. The van der Waals surface area contributed by atoms with Gasteiger partial charge in [0.05, 0.1) is 6.61 Å². The van der Waals surface area contributed by atoms with Crippen molar-refractivity contribution in [1.82, 2.24) is 9.80 Å². The number of carbonyl (C=O) groups excluding carboxylic acids is 3. The van der Waals surface area contributed by atoms with Gasteiger partial charge in [-0.25, -0.2) is 0 Å². The molecule has 1 aromatic rings. The molecule has 2 fully saturated rings. The van der Waals surface area contributed by atoms with Gasteiger partial charge in [0.2, 0.25) is 11.8 Å². The number of nitrogens with zero attached hydrogens (tertiary/aromatic N) is 2. The number of benzene rings is 1. The summed E-state index contributed by atoms with van der Waals surface area (Å²) in [5, 5.41) is 0. The van der Waals surface area contributed by atoms with Gasteiger partial charge in [0.25, 0.3) is 0 Å². The van der Waals surface area contributed by atoms with E-state index in [1.54, 1.807) is 17.0 Å². The molecule has 1 aromatic carbocycles. The first-order chi connectivity index (χ1) is 15.1. The molecule has 1 saturated heterocycles. The average molecular weight is 429 g/mol. The highest BCUT2D eigenvalue weighted by Gasteiger charge is 2.30. The van der Waals surface area contributed by atoms with E-state index in [4.69, 9.17) is 4.74 Å². The van der Waals surface area contributed by atoms with E-state index in [-0.39, 0.29) is 36.4 Å². The summed E-state index contributed by atoms with van der Waals surface area (Å²) in [5.41, 5.74) is 0.612. The third kappa shape index (κ3) is 6.81. The summed E-state index contributed by atoms with van der Waals surface area (Å²) in [6.45, 7) is 5.19. The van der Waals surface area contributed by atoms with Crippen molar-refractivity contribution in [3.05, 3.63) is 29.8 Å². The molecule has 1 aliphatic heterocycles. The lowest BCUT2D eigenvalue weighted by molar-refractivity contribution is -0.142. The van der Waals surface area contributed by atoms with Gasteiger partial charge in [-0.05, 0) is 43.5 Å². The van der Waals surface area contributed by atoms with Gasteiger partial charge in [-0.1, -0.05) is 32.6 Å². The molecule has 3 rings (SSSR count). The summed E-state index contributed by atoms with van der Waals surface area (Å²) in [7, 11) is 0. The van der Waals surface area contributed by atoms with Crippen LogP contribution in [-0.2, 0) is 9.59 Å². The Morgan fingerprint density at radius 2 is 1.55 bits per heavy atom. The van der Waals surface area contributed by atoms with Gasteiger partial charge in [-0.3, -0.25) is 14.4 Å². The van der Waals surface area contributed by atoms with Crippen LogP contribution in [0.4, 0.5) is 0 Å². The van der Waals surface area contributed by atoms with Gasteiger partial charge in [-0.15, -0.1) is 0 Å². The maximum Gasteiger partial charge on any atom is 0.225 e. The first-order valence-electron chi connectivity index (χ1n) is 11.9. The Kier molecular flexibility index (Phi) is 8.92. The molecular formula is C25H36N2O4. The van der Waals surface area contributed by atoms with Gasteiger partial charge in [0.15, 0.2) is 5.78 Å². The maximum absolute atomic E-state index is 12.5. The monoisotopic (exact) mass is 428 g/mol. The average Bonchev–Trinajstić information content (AvgIpc) is 3.35. The van der Waals surface area contributed by atoms with Crippen molar-refractivity contribution in [3.8, 4) is 5.75 Å². The van der Waals surface area contributed by atoms with Crippen molar-refractivity contribution in [3.63, 3.8) is 0 Å². The Bertz CT molecular complexity index is 732. The van der Waals surface area contributed by atoms with Crippen LogP contribution in [0.1, 0.15) is 75.1 Å². The Morgan fingerprint density at radius 1 is 0.903 bits per heavy atom. The van der Waals surface area contributed by atoms with Crippen molar-refractivity contribution in [2.45, 2.75) is 64.7 Å². The van der Waals surface area contributed by atoms with Crippen LogP contribution in [-0.4, -0.2) is 60.2 Å². The molecule has 6 nitrogen and oxygen atoms in total. The number of rotatable bonds is 10. The van der Waals surface area contributed by atoms with Crippen molar-refractivity contribution < 1.29 is 19.1 Å². The Labute approximate surface area is 185 Å². The van der Waals surface area contributed by atoms with E-state index < -0.39 is 0 Å². The van der Waals surface area contributed by atoms with Gasteiger partial charge in [0.1, 0.15) is 5.75 Å². The number of Topliss-reactive ketones (excluding diaryl/α,β-unsaturated/α-hetero) is 1. The minimum absolute atomic E-state index is 0.00260. The zero-order chi connectivity index (χ0) is 22.1. The molecule has 0 unspecified atom stereocenters. The smallest absolute Gasteiger partial charge is 0.225 e. The predicted molar refractivity (Wildman–Crippen MR) is 120 cm³/mol. The molecule has 0 radical (unpaired) electrons. The number of hydrogen-bond donors (Lipinski definition) is 0. The Balaban J connectivity index is 1.37. The van der Waals surface area contributed by atoms with Gasteiger partial charge in [0, 0.05) is 50.5 Å². The van der Waals surface area contributed by atoms with E-state index in [0.29, 0.717) is 38.3 Å². The molecular weight excluding hydrogens is 392 g/mol. The minimum atomic E-state index is -0.0269. The molecule has 0 spiro atoms. The van der Waals surface area contributed by atoms with E-state index >= 15 is 0 Å². The number of ether oxygens (including phenoxy) is 1. The molecule has 0 atom stereocenters. The molecule has 31 heavy (non-hydrogen) atoms. The summed E-state index contributed by atoms with van der Waals surface area (Å²) < 4.78 is 5.68. The quantitative estimate of drug-likeness (QED) is 0.416. The summed E-state index contributed by atoms with van der Waals surface area (Å²) in [5.74, 6) is 1.19. The fourth-order valence-electron chi connectivity index (χ4n) is 4.41. The Morgan fingerprint density at radius 3 is 2.19 bits per heavy atom. The summed E-state index contributed by atoms with van der Waals surface area (Å²) in [6.07, 6.45) is 8.07. The first-order valence-corrected chi connectivity index (χ1v) is 11.9. The summed E-state index contributed by atoms with van der Waals surface area (Å²) in [6, 6.07) is 7.19. The predicted octanol–water partition coefficient (Wildman–Crippen LogP) is 4.08. The number of unbranched alkanes of at least 4 members (excludes halogenated alkanes) is 2. The topological polar surface area (TPSA) is 66.9 Å². The number of piperazine rings is 1. The molecule has 0 N–H and O–H groups in total. The van der Waals surface area contributed by atoms with Crippen LogP contribution in [0, 0.1) is 5.92 Å². The van der Waals surface area contributed by atoms with E-state index in [1.807, 2.05) is 17.0 Å². The SMILES string of the molecule is CCCCCOc1ccc(C(=O)CCC(=O)N2CCN(C(=O)C3CCCC3)CC2)cc1. The van der Waals surface area contributed by atoms with Gasteiger partial charge < -0.3 is 14.5 Å². The van der Waals surface area contributed by atoms with E-state index in [9.17, 15) is 14.4 Å².